The molecule has 4 heterocycles. The van der Waals surface area contributed by atoms with Crippen LogP contribution in [0.2, 0.25) is 0 Å². The molecule has 0 radical (unpaired) electrons. The molecule has 4 aromatic rings. The predicted molar refractivity (Wildman–Crippen MR) is 121 cm³/mol. The monoisotopic (exact) mass is 417 g/mol. The van der Waals surface area contributed by atoms with Crippen LogP contribution >= 0.6 is 11.3 Å². The second-order valence-electron chi connectivity index (χ2n) is 7.45. The first-order valence-corrected chi connectivity index (χ1v) is 10.9. The minimum atomic E-state index is -0.0143. The van der Waals surface area contributed by atoms with Gasteiger partial charge in [0.25, 0.3) is 0 Å². The molecule has 1 aromatic carbocycles. The molecule has 0 fully saturated rings. The summed E-state index contributed by atoms with van der Waals surface area (Å²) in [6.07, 6.45) is 5.23. The number of nitrogens with zero attached hydrogens (tertiary/aromatic N) is 3. The molecule has 1 atom stereocenters. The number of benzene rings is 1. The molecular weight excluding hydrogens is 394 g/mol. The largest absolute Gasteiger partial charge is 0.376 e. The minimum absolute atomic E-state index is 0.0143. The summed E-state index contributed by atoms with van der Waals surface area (Å²) in [4.78, 5) is 16.1. The van der Waals surface area contributed by atoms with Gasteiger partial charge in [-0.15, -0.1) is 11.3 Å². The maximum Gasteiger partial charge on any atom is 0.163 e. The molecule has 0 aliphatic carbocycles. The highest BCUT2D eigenvalue weighted by molar-refractivity contribution is 7.19. The fourth-order valence-electron chi connectivity index (χ4n) is 3.80. The maximum atomic E-state index is 6.43. The van der Waals surface area contributed by atoms with E-state index in [2.05, 4.69) is 22.4 Å². The third-order valence-electron chi connectivity index (χ3n) is 5.27. The summed E-state index contributed by atoms with van der Waals surface area (Å²) in [7, 11) is 0. The summed E-state index contributed by atoms with van der Waals surface area (Å²) in [6.45, 7) is 2.02. The number of anilines is 1. The standard InChI is InChI=1S/C23H23N5OS/c24-17(12-15-4-2-1-3-5-15)13-26-22-20-18-8-11-29-14-19(18)30-23(20)28-21(27-22)16-6-9-25-10-7-16/h1-7,9-10,17H,8,11-14,24H2,(H,26,27,28)/t17-/m1/s1. The molecule has 152 valence electrons. The number of ether oxygens (including phenoxy) is 1. The van der Waals surface area contributed by atoms with Crippen molar-refractivity contribution in [2.75, 3.05) is 18.5 Å². The van der Waals surface area contributed by atoms with Gasteiger partial charge in [-0.1, -0.05) is 30.3 Å². The molecule has 3 aromatic heterocycles. The number of aromatic nitrogens is 3. The molecule has 0 amide bonds. The summed E-state index contributed by atoms with van der Waals surface area (Å²) < 4.78 is 5.66. The second-order valence-corrected chi connectivity index (χ2v) is 8.53. The molecule has 0 unspecified atom stereocenters. The summed E-state index contributed by atoms with van der Waals surface area (Å²) in [5.41, 5.74) is 9.92. The summed E-state index contributed by atoms with van der Waals surface area (Å²) in [5.74, 6) is 1.55. The van der Waals surface area contributed by atoms with Gasteiger partial charge in [0.2, 0.25) is 0 Å². The lowest BCUT2D eigenvalue weighted by Gasteiger charge is -2.16. The maximum absolute atomic E-state index is 6.43. The Labute approximate surface area is 179 Å². The van der Waals surface area contributed by atoms with Crippen LogP contribution in [0, 0.1) is 0 Å². The van der Waals surface area contributed by atoms with Gasteiger partial charge in [0.15, 0.2) is 5.82 Å². The summed E-state index contributed by atoms with van der Waals surface area (Å²) in [6, 6.07) is 14.2. The Balaban J connectivity index is 1.48. The van der Waals surface area contributed by atoms with Crippen molar-refractivity contribution in [1.82, 2.24) is 15.0 Å². The van der Waals surface area contributed by atoms with Gasteiger partial charge in [-0.05, 0) is 36.1 Å². The number of hydrogen-bond donors (Lipinski definition) is 2. The highest BCUT2D eigenvalue weighted by Gasteiger charge is 2.22. The molecule has 0 saturated heterocycles. The van der Waals surface area contributed by atoms with E-state index < -0.39 is 0 Å². The van der Waals surface area contributed by atoms with Crippen LogP contribution in [-0.2, 0) is 24.2 Å². The van der Waals surface area contributed by atoms with Gasteiger partial charge in [-0.3, -0.25) is 4.98 Å². The Morgan fingerprint density at radius 2 is 1.93 bits per heavy atom. The fraction of sp³-hybridized carbons (Fsp3) is 0.261. The van der Waals surface area contributed by atoms with Crippen LogP contribution in [0.15, 0.2) is 54.9 Å². The molecule has 0 spiro atoms. The van der Waals surface area contributed by atoms with Crippen LogP contribution in [0.3, 0.4) is 0 Å². The van der Waals surface area contributed by atoms with Crippen LogP contribution in [0.4, 0.5) is 5.82 Å². The molecule has 1 aliphatic rings. The Morgan fingerprint density at radius 3 is 2.77 bits per heavy atom. The zero-order valence-electron chi connectivity index (χ0n) is 16.5. The molecule has 30 heavy (non-hydrogen) atoms. The number of nitrogens with two attached hydrogens (primary N) is 1. The third-order valence-corrected chi connectivity index (χ3v) is 6.37. The molecular formula is C23H23N5OS. The Morgan fingerprint density at radius 1 is 1.10 bits per heavy atom. The van der Waals surface area contributed by atoms with Crippen molar-refractivity contribution in [2.24, 2.45) is 5.73 Å². The second kappa shape index (κ2) is 8.47. The Bertz CT molecular complexity index is 1150. The number of fused-ring (bicyclic) bond motifs is 3. The van der Waals surface area contributed by atoms with E-state index in [0.717, 1.165) is 41.0 Å². The quantitative estimate of drug-likeness (QED) is 0.496. The number of pyridine rings is 1. The first-order valence-electron chi connectivity index (χ1n) is 10.1. The third kappa shape index (κ3) is 3.92. The average molecular weight is 418 g/mol. The lowest BCUT2D eigenvalue weighted by Crippen LogP contribution is -2.31. The van der Waals surface area contributed by atoms with Crippen molar-refractivity contribution in [2.45, 2.75) is 25.5 Å². The van der Waals surface area contributed by atoms with E-state index in [4.69, 9.17) is 20.4 Å². The van der Waals surface area contributed by atoms with Gasteiger partial charge in [0, 0.05) is 35.4 Å². The normalized spacial score (nSPS) is 14.4. The zero-order chi connectivity index (χ0) is 20.3. The number of rotatable bonds is 6. The van der Waals surface area contributed by atoms with E-state index in [1.54, 1.807) is 23.7 Å². The van der Waals surface area contributed by atoms with Gasteiger partial charge in [0.05, 0.1) is 18.6 Å². The topological polar surface area (TPSA) is 86.0 Å². The Hall–Kier alpha value is -2.87. The van der Waals surface area contributed by atoms with Crippen molar-refractivity contribution in [3.05, 3.63) is 70.9 Å². The number of hydrogen-bond acceptors (Lipinski definition) is 7. The van der Waals surface area contributed by atoms with Gasteiger partial charge in [-0.25, -0.2) is 9.97 Å². The van der Waals surface area contributed by atoms with Crippen LogP contribution in [0.25, 0.3) is 21.6 Å². The molecule has 0 saturated carbocycles. The van der Waals surface area contributed by atoms with Crippen LogP contribution in [-0.4, -0.2) is 34.1 Å². The molecule has 6 nitrogen and oxygen atoms in total. The van der Waals surface area contributed by atoms with Crippen LogP contribution in [0.1, 0.15) is 16.0 Å². The summed E-state index contributed by atoms with van der Waals surface area (Å²) >= 11 is 1.70. The van der Waals surface area contributed by atoms with E-state index in [1.165, 1.54) is 16.0 Å². The minimum Gasteiger partial charge on any atom is -0.376 e. The lowest BCUT2D eigenvalue weighted by molar-refractivity contribution is 0.114. The van der Waals surface area contributed by atoms with Gasteiger partial charge in [-0.2, -0.15) is 0 Å². The average Bonchev–Trinajstić information content (AvgIpc) is 3.17. The molecule has 0 bridgehead atoms. The van der Waals surface area contributed by atoms with Crippen molar-refractivity contribution < 1.29 is 4.74 Å². The van der Waals surface area contributed by atoms with Gasteiger partial charge < -0.3 is 15.8 Å². The van der Waals surface area contributed by atoms with Gasteiger partial charge in [0.1, 0.15) is 10.6 Å². The van der Waals surface area contributed by atoms with E-state index in [-0.39, 0.29) is 6.04 Å². The van der Waals surface area contributed by atoms with E-state index in [9.17, 15) is 0 Å². The van der Waals surface area contributed by atoms with Crippen LogP contribution in [0.5, 0.6) is 0 Å². The lowest BCUT2D eigenvalue weighted by atomic mass is 10.1. The van der Waals surface area contributed by atoms with E-state index in [1.807, 2.05) is 30.3 Å². The SMILES string of the molecule is N[C@@H](CNc1nc(-c2ccncc2)nc2sc3c(c12)CCOC3)Cc1ccccc1. The van der Waals surface area contributed by atoms with Crippen molar-refractivity contribution in [3.63, 3.8) is 0 Å². The smallest absolute Gasteiger partial charge is 0.163 e. The molecule has 3 N–H and O–H groups in total. The van der Waals surface area contributed by atoms with E-state index >= 15 is 0 Å². The molecule has 1 aliphatic heterocycles. The van der Waals surface area contributed by atoms with Crippen molar-refractivity contribution in [1.29, 1.82) is 0 Å². The van der Waals surface area contributed by atoms with E-state index in [0.29, 0.717) is 19.0 Å². The highest BCUT2D eigenvalue weighted by Crippen LogP contribution is 2.38. The number of thiophene rings is 1. The Kier molecular flexibility index (Phi) is 5.40. The van der Waals surface area contributed by atoms with Crippen molar-refractivity contribution in [3.8, 4) is 11.4 Å². The molecule has 7 heteroatoms. The number of nitrogens with one attached hydrogen (secondary N) is 1. The predicted octanol–water partition coefficient (Wildman–Crippen LogP) is 3.81. The summed E-state index contributed by atoms with van der Waals surface area (Å²) in [5, 5.41) is 4.64. The van der Waals surface area contributed by atoms with Crippen molar-refractivity contribution >= 4 is 27.4 Å². The van der Waals surface area contributed by atoms with Gasteiger partial charge >= 0.3 is 0 Å². The molecule has 5 rings (SSSR count). The fourth-order valence-corrected chi connectivity index (χ4v) is 4.96. The zero-order valence-corrected chi connectivity index (χ0v) is 17.4. The highest BCUT2D eigenvalue weighted by atomic mass is 32.1. The van der Waals surface area contributed by atoms with Crippen LogP contribution < -0.4 is 11.1 Å². The first-order chi connectivity index (χ1) is 14.8. The first kappa shape index (κ1) is 19.1.